The molecule has 0 unspecified atom stereocenters. The predicted octanol–water partition coefficient (Wildman–Crippen LogP) is 2.01. The van der Waals surface area contributed by atoms with Crippen molar-refractivity contribution in [1.29, 1.82) is 0 Å². The molecule has 1 aromatic carbocycles. The molecule has 6 nitrogen and oxygen atoms in total. The van der Waals surface area contributed by atoms with Crippen molar-refractivity contribution in [2.24, 2.45) is 0 Å². The first kappa shape index (κ1) is 17.9. The molecule has 0 N–H and O–H groups in total. The number of carbonyl (C=O) groups excluding carboxylic acids is 1. The number of benzene rings is 1. The van der Waals surface area contributed by atoms with Crippen LogP contribution in [0.2, 0.25) is 10.0 Å². The van der Waals surface area contributed by atoms with E-state index in [9.17, 15) is 13.2 Å². The third-order valence-corrected chi connectivity index (χ3v) is 6.58. The third kappa shape index (κ3) is 3.55. The summed E-state index contributed by atoms with van der Waals surface area (Å²) in [4.78, 5) is 14.4. The van der Waals surface area contributed by atoms with Crippen molar-refractivity contribution in [3.63, 3.8) is 0 Å². The Labute approximate surface area is 151 Å². The van der Waals surface area contributed by atoms with Gasteiger partial charge in [0.1, 0.15) is 6.04 Å². The summed E-state index contributed by atoms with van der Waals surface area (Å²) < 4.78 is 32.4. The van der Waals surface area contributed by atoms with Crippen molar-refractivity contribution in [1.82, 2.24) is 9.21 Å². The lowest BCUT2D eigenvalue weighted by molar-refractivity contribution is -0.138. The van der Waals surface area contributed by atoms with Crippen LogP contribution in [0.1, 0.15) is 12.8 Å². The molecular weight excluding hydrogens is 375 g/mol. The second kappa shape index (κ2) is 7.17. The van der Waals surface area contributed by atoms with Crippen LogP contribution in [-0.4, -0.2) is 62.4 Å². The fraction of sp³-hybridized carbons (Fsp3) is 0.533. The van der Waals surface area contributed by atoms with Crippen molar-refractivity contribution >= 4 is 39.1 Å². The Morgan fingerprint density at radius 3 is 2.33 bits per heavy atom. The van der Waals surface area contributed by atoms with Crippen LogP contribution in [0.5, 0.6) is 0 Å². The Morgan fingerprint density at radius 2 is 1.71 bits per heavy atom. The molecule has 0 saturated carbocycles. The summed E-state index contributed by atoms with van der Waals surface area (Å²) in [5, 5.41) is 0.493. The maximum Gasteiger partial charge on any atom is 0.243 e. The summed E-state index contributed by atoms with van der Waals surface area (Å²) in [6.45, 7) is 2.26. The molecule has 1 amide bonds. The van der Waals surface area contributed by atoms with Crippen molar-refractivity contribution in [3.8, 4) is 0 Å². The third-order valence-electron chi connectivity index (χ3n) is 4.25. The van der Waals surface area contributed by atoms with Crippen LogP contribution >= 0.6 is 23.2 Å². The molecule has 2 aliphatic rings. The van der Waals surface area contributed by atoms with Gasteiger partial charge in [0.15, 0.2) is 0 Å². The summed E-state index contributed by atoms with van der Waals surface area (Å²) in [6, 6.07) is 3.52. The van der Waals surface area contributed by atoms with Gasteiger partial charge in [-0.1, -0.05) is 23.2 Å². The standard InChI is InChI=1S/C15H18Cl2N2O4S/c16-11-8-12(17)10-13(9-11)24(21,22)19-3-1-2-14(19)15(20)18-4-6-23-7-5-18/h8-10,14H,1-7H2/t14-/m0/s1. The van der Waals surface area contributed by atoms with Gasteiger partial charge in [0, 0.05) is 29.7 Å². The minimum atomic E-state index is -3.83. The fourth-order valence-electron chi connectivity index (χ4n) is 3.08. The monoisotopic (exact) mass is 392 g/mol. The van der Waals surface area contributed by atoms with Crippen LogP contribution in [0.3, 0.4) is 0 Å². The molecule has 2 heterocycles. The molecule has 9 heteroatoms. The lowest BCUT2D eigenvalue weighted by Gasteiger charge is -2.32. The largest absolute Gasteiger partial charge is 0.378 e. The molecule has 2 fully saturated rings. The summed E-state index contributed by atoms with van der Waals surface area (Å²) in [5.74, 6) is -0.160. The smallest absolute Gasteiger partial charge is 0.243 e. The predicted molar refractivity (Wildman–Crippen MR) is 90.8 cm³/mol. The number of rotatable bonds is 3. The normalized spacial score (nSPS) is 22.8. The zero-order valence-electron chi connectivity index (χ0n) is 13.0. The Hall–Kier alpha value is -0.860. The quantitative estimate of drug-likeness (QED) is 0.788. The molecule has 2 aliphatic heterocycles. The number of nitrogens with zero attached hydrogens (tertiary/aromatic N) is 2. The van der Waals surface area contributed by atoms with E-state index in [1.165, 1.54) is 22.5 Å². The average Bonchev–Trinajstić information content (AvgIpc) is 3.04. The van der Waals surface area contributed by atoms with Gasteiger partial charge < -0.3 is 9.64 Å². The van der Waals surface area contributed by atoms with E-state index in [0.717, 1.165) is 0 Å². The molecule has 2 saturated heterocycles. The van der Waals surface area contributed by atoms with Gasteiger partial charge in [-0.05, 0) is 31.0 Å². The summed E-state index contributed by atoms with van der Waals surface area (Å²) in [5.41, 5.74) is 0. The second-order valence-corrected chi connectivity index (χ2v) is 8.58. The first-order valence-electron chi connectivity index (χ1n) is 7.74. The highest BCUT2D eigenvalue weighted by Gasteiger charge is 2.41. The van der Waals surface area contributed by atoms with Crippen LogP contribution in [0, 0.1) is 0 Å². The lowest BCUT2D eigenvalue weighted by atomic mass is 10.2. The summed E-state index contributed by atoms with van der Waals surface area (Å²) >= 11 is 11.9. The highest BCUT2D eigenvalue weighted by Crippen LogP contribution is 2.30. The molecular formula is C15H18Cl2N2O4S. The van der Waals surface area contributed by atoms with E-state index in [1.54, 1.807) is 4.90 Å². The Morgan fingerprint density at radius 1 is 1.08 bits per heavy atom. The number of hydrogen-bond acceptors (Lipinski definition) is 4. The molecule has 0 spiro atoms. The summed E-state index contributed by atoms with van der Waals surface area (Å²) in [6.07, 6.45) is 1.16. The number of morpholine rings is 1. The molecule has 0 aromatic heterocycles. The van der Waals surface area contributed by atoms with Crippen LogP contribution in [-0.2, 0) is 19.6 Å². The SMILES string of the molecule is O=C([C@@H]1CCCN1S(=O)(=O)c1cc(Cl)cc(Cl)c1)N1CCOCC1. The maximum absolute atomic E-state index is 12.9. The van der Waals surface area contributed by atoms with Gasteiger partial charge >= 0.3 is 0 Å². The van der Waals surface area contributed by atoms with Gasteiger partial charge in [-0.2, -0.15) is 4.31 Å². The highest BCUT2D eigenvalue weighted by atomic mass is 35.5. The number of carbonyl (C=O) groups is 1. The molecule has 0 aliphatic carbocycles. The number of halogens is 2. The highest BCUT2D eigenvalue weighted by molar-refractivity contribution is 7.89. The zero-order valence-corrected chi connectivity index (χ0v) is 15.3. The summed E-state index contributed by atoms with van der Waals surface area (Å²) in [7, 11) is -3.83. The zero-order chi connectivity index (χ0) is 17.3. The Balaban J connectivity index is 1.87. The first-order valence-corrected chi connectivity index (χ1v) is 9.93. The van der Waals surface area contributed by atoms with Crippen molar-refractivity contribution in [3.05, 3.63) is 28.2 Å². The van der Waals surface area contributed by atoms with Crippen LogP contribution < -0.4 is 0 Å². The van der Waals surface area contributed by atoms with E-state index in [1.807, 2.05) is 0 Å². The van der Waals surface area contributed by atoms with Crippen molar-refractivity contribution in [2.75, 3.05) is 32.8 Å². The van der Waals surface area contributed by atoms with E-state index in [2.05, 4.69) is 0 Å². The molecule has 1 atom stereocenters. The number of ether oxygens (including phenoxy) is 1. The maximum atomic E-state index is 12.9. The lowest BCUT2D eigenvalue weighted by Crippen LogP contribution is -2.50. The van der Waals surface area contributed by atoms with Gasteiger partial charge in [-0.3, -0.25) is 4.79 Å². The van der Waals surface area contributed by atoms with E-state index >= 15 is 0 Å². The van der Waals surface area contributed by atoms with Crippen molar-refractivity contribution < 1.29 is 17.9 Å². The van der Waals surface area contributed by atoms with Crippen molar-refractivity contribution in [2.45, 2.75) is 23.8 Å². The molecule has 0 radical (unpaired) electrons. The fourth-order valence-corrected chi connectivity index (χ4v) is 5.46. The van der Waals surface area contributed by atoms with Gasteiger partial charge in [0.05, 0.1) is 18.1 Å². The minimum Gasteiger partial charge on any atom is -0.378 e. The topological polar surface area (TPSA) is 66.9 Å². The van der Waals surface area contributed by atoms with E-state index in [-0.39, 0.29) is 20.8 Å². The average molecular weight is 393 g/mol. The second-order valence-electron chi connectivity index (χ2n) is 5.82. The molecule has 24 heavy (non-hydrogen) atoms. The van der Waals surface area contributed by atoms with E-state index < -0.39 is 16.1 Å². The van der Waals surface area contributed by atoms with E-state index in [4.69, 9.17) is 27.9 Å². The number of amides is 1. The minimum absolute atomic E-state index is 0.0154. The van der Waals surface area contributed by atoms with Crippen LogP contribution in [0.4, 0.5) is 0 Å². The molecule has 0 bridgehead atoms. The number of hydrogen-bond donors (Lipinski definition) is 0. The van der Waals surface area contributed by atoms with E-state index in [0.29, 0.717) is 45.7 Å². The van der Waals surface area contributed by atoms with Crippen LogP contribution in [0.25, 0.3) is 0 Å². The van der Waals surface area contributed by atoms with Crippen LogP contribution in [0.15, 0.2) is 23.1 Å². The van der Waals surface area contributed by atoms with Gasteiger partial charge in [-0.15, -0.1) is 0 Å². The first-order chi connectivity index (χ1) is 11.4. The van der Waals surface area contributed by atoms with Gasteiger partial charge in [0.25, 0.3) is 0 Å². The Kier molecular flexibility index (Phi) is 5.36. The molecule has 132 valence electrons. The molecule has 1 aromatic rings. The Bertz CT molecular complexity index is 715. The molecule has 3 rings (SSSR count). The van der Waals surface area contributed by atoms with Gasteiger partial charge in [-0.25, -0.2) is 8.42 Å². The van der Waals surface area contributed by atoms with Gasteiger partial charge in [0.2, 0.25) is 15.9 Å². The number of sulfonamides is 1.